The fourth-order valence-electron chi connectivity index (χ4n) is 2.63. The van der Waals surface area contributed by atoms with Gasteiger partial charge >= 0.3 is 0 Å². The van der Waals surface area contributed by atoms with E-state index in [0.29, 0.717) is 24.1 Å². The predicted molar refractivity (Wildman–Crippen MR) is 34.3 cm³/mol. The molecule has 3 heteroatoms. The van der Waals surface area contributed by atoms with E-state index in [1.165, 1.54) is 0 Å². The summed E-state index contributed by atoms with van der Waals surface area (Å²) in [5.74, 6) is 0.392. The summed E-state index contributed by atoms with van der Waals surface area (Å²) in [7, 11) is 0. The van der Waals surface area contributed by atoms with Gasteiger partial charge < -0.3 is 15.2 Å². The standard InChI is InChI=1S/C7H11NO2/c9-7-4-1-3-2-5(10-7)6(4)8-3/h3-9H,1-2H2. The number of fused-ring (bicyclic) bond motifs is 1. The Morgan fingerprint density at radius 1 is 1.40 bits per heavy atom. The van der Waals surface area contributed by atoms with Crippen LogP contribution in [0.2, 0.25) is 0 Å². The van der Waals surface area contributed by atoms with Gasteiger partial charge in [-0.05, 0) is 12.8 Å². The van der Waals surface area contributed by atoms with E-state index in [1.807, 2.05) is 0 Å². The summed E-state index contributed by atoms with van der Waals surface area (Å²) in [5, 5.41) is 12.8. The molecule has 0 aromatic carbocycles. The monoisotopic (exact) mass is 141 g/mol. The average Bonchev–Trinajstić information content (AvgIpc) is 2.44. The van der Waals surface area contributed by atoms with E-state index in [4.69, 9.17) is 4.74 Å². The molecule has 2 bridgehead atoms. The van der Waals surface area contributed by atoms with Crippen LogP contribution in [0.5, 0.6) is 0 Å². The summed E-state index contributed by atoms with van der Waals surface area (Å²) in [6.45, 7) is 0. The maximum absolute atomic E-state index is 9.33. The molecule has 3 fully saturated rings. The quantitative estimate of drug-likeness (QED) is 0.476. The molecule has 5 unspecified atom stereocenters. The lowest BCUT2D eigenvalue weighted by molar-refractivity contribution is -0.101. The second-order valence-electron chi connectivity index (χ2n) is 3.59. The van der Waals surface area contributed by atoms with Crippen molar-refractivity contribution in [2.45, 2.75) is 37.3 Å². The Morgan fingerprint density at radius 3 is 2.90 bits per heavy atom. The van der Waals surface area contributed by atoms with Crippen LogP contribution in [0.4, 0.5) is 0 Å². The zero-order valence-corrected chi connectivity index (χ0v) is 5.66. The van der Waals surface area contributed by atoms with Crippen LogP contribution >= 0.6 is 0 Å². The molecule has 10 heavy (non-hydrogen) atoms. The topological polar surface area (TPSA) is 41.5 Å². The Bertz CT molecular complexity index is 171. The third-order valence-electron chi connectivity index (χ3n) is 3.04. The van der Waals surface area contributed by atoms with Gasteiger partial charge in [0.05, 0.1) is 6.10 Å². The van der Waals surface area contributed by atoms with E-state index >= 15 is 0 Å². The molecule has 0 saturated carbocycles. The zero-order chi connectivity index (χ0) is 6.72. The first-order chi connectivity index (χ1) is 4.84. The molecule has 5 atom stereocenters. The van der Waals surface area contributed by atoms with Crippen LogP contribution < -0.4 is 5.32 Å². The molecule has 2 N–H and O–H groups in total. The fourth-order valence-corrected chi connectivity index (χ4v) is 2.63. The van der Waals surface area contributed by atoms with Crippen LogP contribution in [0.3, 0.4) is 0 Å². The molecule has 3 aliphatic heterocycles. The SMILES string of the molecule is OC1OC2CC3CC1C2N3. The van der Waals surface area contributed by atoms with Crippen LogP contribution in [0.15, 0.2) is 0 Å². The van der Waals surface area contributed by atoms with Crippen molar-refractivity contribution in [3.05, 3.63) is 0 Å². The van der Waals surface area contributed by atoms with Crippen LogP contribution in [0, 0.1) is 5.92 Å². The molecule has 3 rings (SSSR count). The van der Waals surface area contributed by atoms with Gasteiger partial charge in [-0.1, -0.05) is 0 Å². The van der Waals surface area contributed by atoms with Crippen molar-refractivity contribution in [2.75, 3.05) is 0 Å². The second kappa shape index (κ2) is 1.55. The maximum Gasteiger partial charge on any atom is 0.159 e. The van der Waals surface area contributed by atoms with E-state index < -0.39 is 6.29 Å². The summed E-state index contributed by atoms with van der Waals surface area (Å²) in [4.78, 5) is 0. The minimum Gasteiger partial charge on any atom is -0.368 e. The number of aliphatic hydroxyl groups is 1. The Labute approximate surface area is 59.4 Å². The third-order valence-corrected chi connectivity index (χ3v) is 3.04. The van der Waals surface area contributed by atoms with E-state index in [9.17, 15) is 5.11 Å². The van der Waals surface area contributed by atoms with Crippen molar-refractivity contribution >= 4 is 0 Å². The molecular weight excluding hydrogens is 130 g/mol. The predicted octanol–water partition coefficient (Wildman–Crippen LogP) is -0.546. The second-order valence-corrected chi connectivity index (χ2v) is 3.59. The lowest BCUT2D eigenvalue weighted by Crippen LogP contribution is -2.28. The Kier molecular flexibility index (Phi) is 0.854. The van der Waals surface area contributed by atoms with Crippen LogP contribution in [-0.4, -0.2) is 29.6 Å². The molecule has 3 aliphatic rings. The van der Waals surface area contributed by atoms with Crippen molar-refractivity contribution in [3.8, 4) is 0 Å². The number of rotatable bonds is 0. The van der Waals surface area contributed by atoms with Gasteiger partial charge in [-0.15, -0.1) is 0 Å². The van der Waals surface area contributed by atoms with Crippen LogP contribution in [0.1, 0.15) is 12.8 Å². The highest BCUT2D eigenvalue weighted by molar-refractivity contribution is 5.08. The number of aliphatic hydroxyl groups excluding tert-OH is 1. The van der Waals surface area contributed by atoms with Gasteiger partial charge in [0, 0.05) is 18.0 Å². The normalized spacial score (nSPS) is 63.9. The van der Waals surface area contributed by atoms with Gasteiger partial charge in [-0.3, -0.25) is 0 Å². The maximum atomic E-state index is 9.33. The Balaban J connectivity index is 1.98. The lowest BCUT2D eigenvalue weighted by Gasteiger charge is -2.12. The molecule has 56 valence electrons. The molecule has 0 amide bonds. The van der Waals surface area contributed by atoms with Gasteiger partial charge in [0.2, 0.25) is 0 Å². The first-order valence-corrected chi connectivity index (χ1v) is 3.94. The van der Waals surface area contributed by atoms with Gasteiger partial charge in [-0.25, -0.2) is 0 Å². The first kappa shape index (κ1) is 5.52. The Hall–Kier alpha value is -0.120. The van der Waals surface area contributed by atoms with Gasteiger partial charge in [0.15, 0.2) is 6.29 Å². The third kappa shape index (κ3) is 0.480. The smallest absolute Gasteiger partial charge is 0.159 e. The average molecular weight is 141 g/mol. The van der Waals surface area contributed by atoms with Crippen molar-refractivity contribution in [3.63, 3.8) is 0 Å². The van der Waals surface area contributed by atoms with Crippen molar-refractivity contribution in [1.82, 2.24) is 5.32 Å². The van der Waals surface area contributed by atoms with Crippen molar-refractivity contribution in [2.24, 2.45) is 5.92 Å². The highest BCUT2D eigenvalue weighted by Gasteiger charge is 2.55. The highest BCUT2D eigenvalue weighted by Crippen LogP contribution is 2.43. The van der Waals surface area contributed by atoms with Gasteiger partial charge in [-0.2, -0.15) is 0 Å². The fraction of sp³-hybridized carbons (Fsp3) is 1.00. The molecule has 0 spiro atoms. The number of hydrogen-bond donors (Lipinski definition) is 2. The van der Waals surface area contributed by atoms with Gasteiger partial charge in [0.25, 0.3) is 0 Å². The van der Waals surface area contributed by atoms with Crippen molar-refractivity contribution < 1.29 is 9.84 Å². The molecule has 3 heterocycles. The van der Waals surface area contributed by atoms with E-state index in [2.05, 4.69) is 5.32 Å². The first-order valence-electron chi connectivity index (χ1n) is 3.94. The molecule has 3 saturated heterocycles. The molecular formula is C7H11NO2. The van der Waals surface area contributed by atoms with Gasteiger partial charge in [0.1, 0.15) is 0 Å². The van der Waals surface area contributed by atoms with E-state index in [-0.39, 0.29) is 0 Å². The van der Waals surface area contributed by atoms with Crippen LogP contribution in [-0.2, 0) is 4.74 Å². The summed E-state index contributed by atoms with van der Waals surface area (Å²) < 4.78 is 5.33. The lowest BCUT2D eigenvalue weighted by atomic mass is 9.90. The molecule has 0 radical (unpaired) electrons. The number of nitrogens with one attached hydrogen (secondary N) is 1. The zero-order valence-electron chi connectivity index (χ0n) is 5.66. The minimum absolute atomic E-state index is 0.318. The molecule has 0 aromatic rings. The molecule has 0 aliphatic carbocycles. The summed E-state index contributed by atoms with van der Waals surface area (Å²) >= 11 is 0. The largest absolute Gasteiger partial charge is 0.368 e. The Morgan fingerprint density at radius 2 is 2.30 bits per heavy atom. The summed E-state index contributed by atoms with van der Waals surface area (Å²) in [5.41, 5.74) is 0. The molecule has 3 nitrogen and oxygen atoms in total. The van der Waals surface area contributed by atoms with E-state index in [1.54, 1.807) is 0 Å². The number of ether oxygens (including phenoxy) is 1. The van der Waals surface area contributed by atoms with Crippen molar-refractivity contribution in [1.29, 1.82) is 0 Å². The highest BCUT2D eigenvalue weighted by atomic mass is 16.6. The summed E-state index contributed by atoms with van der Waals surface area (Å²) in [6, 6.07) is 1.11. The minimum atomic E-state index is -0.477. The van der Waals surface area contributed by atoms with E-state index in [0.717, 1.165) is 12.8 Å². The number of hydrogen-bond acceptors (Lipinski definition) is 3. The summed E-state index contributed by atoms with van der Waals surface area (Å²) in [6.07, 6.45) is 2.06. The molecule has 0 aromatic heterocycles. The van der Waals surface area contributed by atoms with Crippen LogP contribution in [0.25, 0.3) is 0 Å².